The van der Waals surface area contributed by atoms with E-state index in [0.29, 0.717) is 17.5 Å². The van der Waals surface area contributed by atoms with Crippen LogP contribution in [0.15, 0.2) is 5.16 Å². The predicted octanol–water partition coefficient (Wildman–Crippen LogP) is 0.917. The summed E-state index contributed by atoms with van der Waals surface area (Å²) < 4.78 is 37.6. The van der Waals surface area contributed by atoms with Gasteiger partial charge in [0.2, 0.25) is 5.91 Å². The van der Waals surface area contributed by atoms with Gasteiger partial charge < -0.3 is 15.6 Å². The maximum absolute atomic E-state index is 11.9. The van der Waals surface area contributed by atoms with Crippen LogP contribution in [0.1, 0.15) is 19.2 Å². The highest BCUT2D eigenvalue weighted by molar-refractivity contribution is 7.99. The zero-order valence-electron chi connectivity index (χ0n) is 10.9. The lowest BCUT2D eigenvalue weighted by atomic mass is 10.4. The summed E-state index contributed by atoms with van der Waals surface area (Å²) in [6.07, 6.45) is -3.58. The molecule has 1 amide bonds. The summed E-state index contributed by atoms with van der Waals surface area (Å²) in [5.41, 5.74) is 5.51. The summed E-state index contributed by atoms with van der Waals surface area (Å²) in [6, 6.07) is 0. The Morgan fingerprint density at radius 1 is 1.45 bits per heavy atom. The van der Waals surface area contributed by atoms with Gasteiger partial charge in [-0.05, 0) is 6.42 Å². The van der Waals surface area contributed by atoms with E-state index < -0.39 is 18.6 Å². The average molecular weight is 311 g/mol. The molecule has 1 aromatic rings. The molecule has 0 aliphatic rings. The molecule has 6 nitrogen and oxygen atoms in total. The predicted molar refractivity (Wildman–Crippen MR) is 68.0 cm³/mol. The first kappa shape index (κ1) is 16.8. The molecule has 0 saturated heterocycles. The summed E-state index contributed by atoms with van der Waals surface area (Å²) in [5.74, 6) is -0.264. The van der Waals surface area contributed by atoms with Crippen molar-refractivity contribution < 1.29 is 18.0 Å². The zero-order valence-corrected chi connectivity index (χ0v) is 11.7. The van der Waals surface area contributed by atoms with Crippen LogP contribution in [0.4, 0.5) is 13.2 Å². The molecule has 0 saturated carbocycles. The Morgan fingerprint density at radius 3 is 2.70 bits per heavy atom. The van der Waals surface area contributed by atoms with Gasteiger partial charge in [0.1, 0.15) is 12.4 Å². The lowest BCUT2D eigenvalue weighted by Gasteiger charge is -2.09. The van der Waals surface area contributed by atoms with Crippen LogP contribution in [0.3, 0.4) is 0 Å². The molecule has 0 aliphatic heterocycles. The minimum Gasteiger partial charge on any atom is -0.346 e. The third-order valence-electron chi connectivity index (χ3n) is 2.24. The Balaban J connectivity index is 2.53. The molecular formula is C10H16F3N5OS. The van der Waals surface area contributed by atoms with Gasteiger partial charge in [-0.1, -0.05) is 18.7 Å². The maximum atomic E-state index is 11.9. The van der Waals surface area contributed by atoms with E-state index in [2.05, 4.69) is 10.2 Å². The van der Waals surface area contributed by atoms with Crippen molar-refractivity contribution in [3.63, 3.8) is 0 Å². The Morgan fingerprint density at radius 2 is 2.15 bits per heavy atom. The van der Waals surface area contributed by atoms with Gasteiger partial charge in [-0.3, -0.25) is 4.79 Å². The molecule has 114 valence electrons. The molecule has 0 bridgehead atoms. The number of aromatic nitrogens is 3. The van der Waals surface area contributed by atoms with Crippen molar-refractivity contribution in [1.82, 2.24) is 20.1 Å². The molecule has 0 unspecified atom stereocenters. The Hall–Kier alpha value is -1.29. The average Bonchev–Trinajstić information content (AvgIpc) is 2.76. The smallest absolute Gasteiger partial charge is 0.346 e. The number of halogens is 3. The lowest BCUT2D eigenvalue weighted by molar-refractivity contribution is -0.136. The molecule has 1 heterocycles. The van der Waals surface area contributed by atoms with Crippen LogP contribution in [-0.2, 0) is 17.9 Å². The number of nitrogens with one attached hydrogen (secondary N) is 1. The van der Waals surface area contributed by atoms with E-state index in [1.807, 2.05) is 6.92 Å². The zero-order chi connectivity index (χ0) is 15.2. The summed E-state index contributed by atoms with van der Waals surface area (Å²) in [5, 5.41) is 10.0. The summed E-state index contributed by atoms with van der Waals surface area (Å²) in [4.78, 5) is 11.3. The van der Waals surface area contributed by atoms with Crippen molar-refractivity contribution in [2.24, 2.45) is 5.73 Å². The Bertz CT molecular complexity index is 449. The van der Waals surface area contributed by atoms with E-state index in [0.717, 1.165) is 18.2 Å². The van der Waals surface area contributed by atoms with Gasteiger partial charge in [-0.15, -0.1) is 10.2 Å². The van der Waals surface area contributed by atoms with Gasteiger partial charge >= 0.3 is 6.18 Å². The third kappa shape index (κ3) is 5.37. The van der Waals surface area contributed by atoms with Crippen LogP contribution in [0.25, 0.3) is 0 Å². The van der Waals surface area contributed by atoms with Crippen LogP contribution in [0, 0.1) is 0 Å². The highest BCUT2D eigenvalue weighted by Gasteiger charge is 2.27. The van der Waals surface area contributed by atoms with Gasteiger partial charge in [0.05, 0.1) is 12.3 Å². The van der Waals surface area contributed by atoms with Crippen molar-refractivity contribution in [3.8, 4) is 0 Å². The number of hydrogen-bond acceptors (Lipinski definition) is 5. The highest BCUT2D eigenvalue weighted by Crippen LogP contribution is 2.17. The largest absolute Gasteiger partial charge is 0.405 e. The normalized spacial score (nSPS) is 11.7. The number of alkyl halides is 3. The number of nitrogens with zero attached hydrogens (tertiary/aromatic N) is 3. The topological polar surface area (TPSA) is 85.8 Å². The van der Waals surface area contributed by atoms with Crippen LogP contribution in [-0.4, -0.2) is 39.1 Å². The van der Waals surface area contributed by atoms with Crippen LogP contribution in [0.5, 0.6) is 0 Å². The fourth-order valence-electron chi connectivity index (χ4n) is 1.40. The van der Waals surface area contributed by atoms with Crippen LogP contribution in [0.2, 0.25) is 0 Å². The first-order valence-electron chi connectivity index (χ1n) is 5.95. The van der Waals surface area contributed by atoms with Crippen LogP contribution < -0.4 is 11.1 Å². The minimum absolute atomic E-state index is 0.150. The highest BCUT2D eigenvalue weighted by atomic mass is 32.2. The summed E-state index contributed by atoms with van der Waals surface area (Å²) in [7, 11) is 0. The minimum atomic E-state index is -4.41. The molecule has 0 fully saturated rings. The lowest BCUT2D eigenvalue weighted by Crippen LogP contribution is -2.34. The molecule has 3 N–H and O–H groups in total. The third-order valence-corrected chi connectivity index (χ3v) is 3.21. The number of rotatable bonds is 7. The van der Waals surface area contributed by atoms with E-state index in [1.165, 1.54) is 0 Å². The van der Waals surface area contributed by atoms with Crippen molar-refractivity contribution >= 4 is 17.7 Å². The van der Waals surface area contributed by atoms with E-state index >= 15 is 0 Å². The van der Waals surface area contributed by atoms with E-state index in [4.69, 9.17) is 5.73 Å². The van der Waals surface area contributed by atoms with Crippen molar-refractivity contribution in [1.29, 1.82) is 0 Å². The maximum Gasteiger partial charge on any atom is 0.405 e. The Kier molecular flexibility index (Phi) is 6.27. The second-order valence-corrected chi connectivity index (χ2v) is 4.88. The molecule has 10 heteroatoms. The van der Waals surface area contributed by atoms with Gasteiger partial charge in [-0.2, -0.15) is 13.2 Å². The van der Waals surface area contributed by atoms with Gasteiger partial charge in [0.15, 0.2) is 5.16 Å². The number of thioether (sulfide) groups is 1. The molecule has 0 spiro atoms. The second kappa shape index (κ2) is 7.48. The van der Waals surface area contributed by atoms with Crippen molar-refractivity contribution in [2.75, 3.05) is 12.3 Å². The molecule has 20 heavy (non-hydrogen) atoms. The van der Waals surface area contributed by atoms with Gasteiger partial charge in [0, 0.05) is 6.54 Å². The molecule has 1 aromatic heterocycles. The summed E-state index contributed by atoms with van der Waals surface area (Å²) in [6.45, 7) is 1.49. The number of carbonyl (C=O) groups is 1. The first-order valence-corrected chi connectivity index (χ1v) is 6.94. The molecule has 1 rings (SSSR count). The molecule has 0 atom stereocenters. The first-order chi connectivity index (χ1) is 9.37. The van der Waals surface area contributed by atoms with Crippen molar-refractivity contribution in [2.45, 2.75) is 37.8 Å². The summed E-state index contributed by atoms with van der Waals surface area (Å²) >= 11 is 1.04. The number of carbonyl (C=O) groups excluding carboxylic acids is 1. The molecule has 0 aromatic carbocycles. The van der Waals surface area contributed by atoms with E-state index in [-0.39, 0.29) is 12.3 Å². The fourth-order valence-corrected chi connectivity index (χ4v) is 2.22. The number of nitrogens with two attached hydrogens (primary N) is 1. The number of amides is 1. The number of hydrogen-bond donors (Lipinski definition) is 2. The Labute approximate surface area is 118 Å². The standard InChI is InChI=1S/C10H16F3N5OS/c1-2-3-18-7(4-14)16-17-9(18)20-5-8(19)15-6-10(11,12)13/h2-6,14H2,1H3,(H,15,19). The van der Waals surface area contributed by atoms with E-state index in [9.17, 15) is 18.0 Å². The SMILES string of the molecule is CCCn1c(CN)nnc1SCC(=O)NCC(F)(F)F. The fraction of sp³-hybridized carbons (Fsp3) is 0.700. The van der Waals surface area contributed by atoms with E-state index in [1.54, 1.807) is 9.88 Å². The molecular weight excluding hydrogens is 295 g/mol. The monoisotopic (exact) mass is 311 g/mol. The molecule has 0 aliphatic carbocycles. The van der Waals surface area contributed by atoms with Gasteiger partial charge in [-0.25, -0.2) is 0 Å². The second-order valence-electron chi connectivity index (χ2n) is 3.94. The van der Waals surface area contributed by atoms with Crippen molar-refractivity contribution in [3.05, 3.63) is 5.82 Å². The van der Waals surface area contributed by atoms with Crippen LogP contribution >= 0.6 is 11.8 Å². The van der Waals surface area contributed by atoms with Gasteiger partial charge in [0.25, 0.3) is 0 Å². The quantitative estimate of drug-likeness (QED) is 0.731. The molecule has 0 radical (unpaired) electrons.